The molecule has 9 heavy (non-hydrogen) atoms. The summed E-state index contributed by atoms with van der Waals surface area (Å²) in [6.45, 7) is 5.67. The van der Waals surface area contributed by atoms with Gasteiger partial charge in [0.1, 0.15) is 5.78 Å². The fourth-order valence-electron chi connectivity index (χ4n) is 1.01. The summed E-state index contributed by atoms with van der Waals surface area (Å²) in [4.78, 5) is 10.8. The zero-order valence-corrected chi connectivity index (χ0v) is 6.56. The lowest BCUT2D eigenvalue weighted by Gasteiger charge is -2.15. The molecule has 2 nitrogen and oxygen atoms in total. The number of carbonyl (C=O) groups excluding carboxylic acids is 1. The quantitative estimate of drug-likeness (QED) is 0.611. The topological polar surface area (TPSA) is 29.1 Å². The van der Waals surface area contributed by atoms with Crippen molar-refractivity contribution < 1.29 is 4.79 Å². The van der Waals surface area contributed by atoms with Crippen LogP contribution in [-0.4, -0.2) is 18.9 Å². The Kier molecular flexibility index (Phi) is 3.47. The van der Waals surface area contributed by atoms with E-state index >= 15 is 0 Å². The fourth-order valence-corrected chi connectivity index (χ4v) is 1.01. The van der Waals surface area contributed by atoms with Crippen LogP contribution in [0.3, 0.4) is 0 Å². The third-order valence-electron chi connectivity index (χ3n) is 1.42. The number of hydrogen-bond donors (Lipinski definition) is 1. The highest BCUT2D eigenvalue weighted by Crippen LogP contribution is 2.00. The molecule has 0 aromatic heterocycles. The Morgan fingerprint density at radius 1 is 1.44 bits per heavy atom. The van der Waals surface area contributed by atoms with E-state index in [2.05, 4.69) is 5.32 Å². The minimum absolute atomic E-state index is 0.0324. The van der Waals surface area contributed by atoms with Gasteiger partial charge in [0.2, 0.25) is 0 Å². The molecule has 0 heterocycles. The lowest BCUT2D eigenvalue weighted by molar-refractivity contribution is -0.119. The Balaban J connectivity index is 3.83. The molecule has 0 aromatic carbocycles. The number of nitrogens with one attached hydrogen (secondary N) is 1. The zero-order valence-electron chi connectivity index (χ0n) is 6.56. The van der Waals surface area contributed by atoms with Crippen LogP contribution in [0, 0.1) is 5.92 Å². The van der Waals surface area contributed by atoms with E-state index in [1.165, 1.54) is 0 Å². The van der Waals surface area contributed by atoms with E-state index in [4.69, 9.17) is 0 Å². The Morgan fingerprint density at radius 3 is 1.89 bits per heavy atom. The molecular formula is C7H15NO. The van der Waals surface area contributed by atoms with E-state index in [0.29, 0.717) is 5.92 Å². The summed E-state index contributed by atoms with van der Waals surface area (Å²) < 4.78 is 0. The molecule has 0 spiro atoms. The van der Waals surface area contributed by atoms with Crippen LogP contribution in [0.4, 0.5) is 0 Å². The van der Waals surface area contributed by atoms with Crippen LogP contribution in [0.1, 0.15) is 20.8 Å². The van der Waals surface area contributed by atoms with Crippen molar-refractivity contribution in [3.05, 3.63) is 0 Å². The van der Waals surface area contributed by atoms with Crippen molar-refractivity contribution in [2.45, 2.75) is 26.8 Å². The van der Waals surface area contributed by atoms with Gasteiger partial charge in [0.25, 0.3) is 0 Å². The van der Waals surface area contributed by atoms with Crippen molar-refractivity contribution >= 4 is 5.78 Å². The van der Waals surface area contributed by atoms with Gasteiger partial charge in [-0.2, -0.15) is 0 Å². The van der Waals surface area contributed by atoms with Crippen molar-refractivity contribution in [2.24, 2.45) is 5.92 Å². The predicted molar refractivity (Wildman–Crippen MR) is 38.4 cm³/mol. The molecule has 0 saturated carbocycles. The minimum atomic E-state index is 0.0324. The van der Waals surface area contributed by atoms with Crippen LogP contribution < -0.4 is 5.32 Å². The lowest BCUT2D eigenvalue weighted by atomic mass is 10.0. The van der Waals surface area contributed by atoms with Gasteiger partial charge in [-0.1, -0.05) is 13.8 Å². The normalized spacial score (nSPS) is 13.9. The monoisotopic (exact) mass is 129 g/mol. The first-order chi connectivity index (χ1) is 4.09. The first kappa shape index (κ1) is 8.63. The molecule has 0 saturated heterocycles. The SMILES string of the molecule is CN[C@H](C(C)=O)C(C)C. The highest BCUT2D eigenvalue weighted by atomic mass is 16.1. The van der Waals surface area contributed by atoms with E-state index in [1.54, 1.807) is 6.92 Å². The van der Waals surface area contributed by atoms with Gasteiger partial charge in [0.15, 0.2) is 0 Å². The third kappa shape index (κ3) is 2.61. The molecule has 0 unspecified atom stereocenters. The fraction of sp³-hybridized carbons (Fsp3) is 0.857. The van der Waals surface area contributed by atoms with E-state index in [0.717, 1.165) is 0 Å². The molecule has 0 rings (SSSR count). The average Bonchev–Trinajstić information content (AvgIpc) is 1.64. The minimum Gasteiger partial charge on any atom is -0.310 e. The summed E-state index contributed by atoms with van der Waals surface area (Å²) in [5, 5.41) is 2.95. The summed E-state index contributed by atoms with van der Waals surface area (Å²) in [6.07, 6.45) is 0. The van der Waals surface area contributed by atoms with Gasteiger partial charge in [-0.15, -0.1) is 0 Å². The number of hydrogen-bond acceptors (Lipinski definition) is 2. The molecule has 0 aliphatic heterocycles. The van der Waals surface area contributed by atoms with Gasteiger partial charge in [0.05, 0.1) is 6.04 Å². The second-order valence-corrected chi connectivity index (χ2v) is 2.62. The first-order valence-electron chi connectivity index (χ1n) is 3.27. The van der Waals surface area contributed by atoms with Crippen molar-refractivity contribution in [2.75, 3.05) is 7.05 Å². The summed E-state index contributed by atoms with van der Waals surface area (Å²) in [5.74, 6) is 0.611. The summed E-state index contributed by atoms with van der Waals surface area (Å²) in [5.41, 5.74) is 0. The molecule has 54 valence electrons. The van der Waals surface area contributed by atoms with Crippen molar-refractivity contribution in [3.8, 4) is 0 Å². The first-order valence-corrected chi connectivity index (χ1v) is 3.27. The second-order valence-electron chi connectivity index (χ2n) is 2.62. The van der Waals surface area contributed by atoms with Gasteiger partial charge in [0, 0.05) is 0 Å². The summed E-state index contributed by atoms with van der Waals surface area (Å²) in [6, 6.07) is 0.0324. The molecule has 2 heteroatoms. The molecule has 0 bridgehead atoms. The predicted octanol–water partition coefficient (Wildman–Crippen LogP) is 0.819. The number of likely N-dealkylation sites (N-methyl/N-ethyl adjacent to an activating group) is 1. The van der Waals surface area contributed by atoms with Crippen LogP contribution in [-0.2, 0) is 4.79 Å². The third-order valence-corrected chi connectivity index (χ3v) is 1.42. The molecule has 0 aromatic rings. The van der Waals surface area contributed by atoms with Gasteiger partial charge >= 0.3 is 0 Å². The van der Waals surface area contributed by atoms with Crippen LogP contribution in [0.5, 0.6) is 0 Å². The van der Waals surface area contributed by atoms with Crippen molar-refractivity contribution in [3.63, 3.8) is 0 Å². The van der Waals surface area contributed by atoms with Gasteiger partial charge in [-0.3, -0.25) is 4.79 Å². The van der Waals surface area contributed by atoms with E-state index < -0.39 is 0 Å². The standard InChI is InChI=1S/C7H15NO/c1-5(2)7(8-4)6(3)9/h5,7-8H,1-4H3/t7-/m0/s1. The second kappa shape index (κ2) is 3.62. The molecule has 0 amide bonds. The van der Waals surface area contributed by atoms with Crippen LogP contribution in [0.25, 0.3) is 0 Å². The lowest BCUT2D eigenvalue weighted by Crippen LogP contribution is -2.36. The number of rotatable bonds is 3. The molecule has 0 aliphatic carbocycles. The van der Waals surface area contributed by atoms with Crippen molar-refractivity contribution in [1.29, 1.82) is 0 Å². The smallest absolute Gasteiger partial charge is 0.146 e. The maximum Gasteiger partial charge on any atom is 0.146 e. The van der Waals surface area contributed by atoms with Gasteiger partial charge < -0.3 is 5.32 Å². The van der Waals surface area contributed by atoms with E-state index in [9.17, 15) is 4.79 Å². The largest absolute Gasteiger partial charge is 0.310 e. The van der Waals surface area contributed by atoms with E-state index in [-0.39, 0.29) is 11.8 Å². The molecular weight excluding hydrogens is 114 g/mol. The van der Waals surface area contributed by atoms with Crippen LogP contribution >= 0.6 is 0 Å². The van der Waals surface area contributed by atoms with Gasteiger partial charge in [-0.05, 0) is 19.9 Å². The average molecular weight is 129 g/mol. The molecule has 1 atom stereocenters. The van der Waals surface area contributed by atoms with Gasteiger partial charge in [-0.25, -0.2) is 0 Å². The maximum absolute atomic E-state index is 10.8. The molecule has 0 radical (unpaired) electrons. The van der Waals surface area contributed by atoms with Crippen molar-refractivity contribution in [1.82, 2.24) is 5.32 Å². The Labute approximate surface area is 56.6 Å². The number of ketones is 1. The maximum atomic E-state index is 10.8. The summed E-state index contributed by atoms with van der Waals surface area (Å²) in [7, 11) is 1.81. The zero-order chi connectivity index (χ0) is 7.44. The highest BCUT2D eigenvalue weighted by Gasteiger charge is 2.14. The Morgan fingerprint density at radius 2 is 1.89 bits per heavy atom. The number of Topliss-reactive ketones (excluding diaryl/α,β-unsaturated/α-hetero) is 1. The highest BCUT2D eigenvalue weighted by molar-refractivity contribution is 5.81. The molecule has 0 aliphatic rings. The van der Waals surface area contributed by atoms with Crippen LogP contribution in [0.15, 0.2) is 0 Å². The summed E-state index contributed by atoms with van der Waals surface area (Å²) >= 11 is 0. The molecule has 1 N–H and O–H groups in total. The Bertz CT molecular complexity index is 99.1. The Hall–Kier alpha value is -0.370. The van der Waals surface area contributed by atoms with E-state index in [1.807, 2.05) is 20.9 Å². The number of carbonyl (C=O) groups is 1. The van der Waals surface area contributed by atoms with Crippen LogP contribution in [0.2, 0.25) is 0 Å². The molecule has 0 fully saturated rings.